The summed E-state index contributed by atoms with van der Waals surface area (Å²) in [5.74, 6) is 0.371. The van der Waals surface area contributed by atoms with Crippen molar-refractivity contribution in [1.29, 1.82) is 0 Å². The van der Waals surface area contributed by atoms with E-state index < -0.39 is 10.1 Å². The smallest absolute Gasteiger partial charge is 0.266 e. The third-order valence-electron chi connectivity index (χ3n) is 3.59. The maximum Gasteiger partial charge on any atom is 0.296 e. The van der Waals surface area contributed by atoms with Gasteiger partial charge in [-0.25, -0.2) is 0 Å². The summed E-state index contributed by atoms with van der Waals surface area (Å²) >= 11 is 0. The van der Waals surface area contributed by atoms with Gasteiger partial charge < -0.3 is 0 Å². The van der Waals surface area contributed by atoms with Crippen LogP contribution in [0.4, 0.5) is 0 Å². The molecule has 2 aromatic carbocycles. The summed E-state index contributed by atoms with van der Waals surface area (Å²) in [6.07, 6.45) is 1.63. The van der Waals surface area contributed by atoms with Crippen LogP contribution in [0.5, 0.6) is 0 Å². The molecule has 4 heteroatoms. The second-order valence-electron chi connectivity index (χ2n) is 5.67. The van der Waals surface area contributed by atoms with E-state index in [1.807, 2.05) is 25.1 Å². The molecular weight excluding hydrogens is 296 g/mol. The van der Waals surface area contributed by atoms with Crippen LogP contribution < -0.4 is 0 Å². The third kappa shape index (κ3) is 4.97. The van der Waals surface area contributed by atoms with Crippen LogP contribution in [0.2, 0.25) is 0 Å². The highest BCUT2D eigenvalue weighted by Crippen LogP contribution is 2.16. The molecule has 2 aromatic rings. The first-order valence-electron chi connectivity index (χ1n) is 7.47. The molecule has 2 rings (SSSR count). The van der Waals surface area contributed by atoms with Gasteiger partial charge in [0.05, 0.1) is 11.5 Å². The van der Waals surface area contributed by atoms with E-state index in [2.05, 4.69) is 19.1 Å². The normalized spacial score (nSPS) is 13.0. The Morgan fingerprint density at radius 3 is 2.27 bits per heavy atom. The van der Waals surface area contributed by atoms with Crippen LogP contribution in [0, 0.1) is 12.8 Å². The third-order valence-corrected chi connectivity index (χ3v) is 4.91. The van der Waals surface area contributed by atoms with E-state index in [0.717, 1.165) is 12.0 Å². The SMILES string of the molecule is Cc1ccc(S(=O)(=O)OCC[C@H](C)Cc2ccccc2)cc1. The number of rotatable bonds is 7. The zero-order valence-electron chi connectivity index (χ0n) is 13.0. The first kappa shape index (κ1) is 16.7. The topological polar surface area (TPSA) is 43.4 Å². The van der Waals surface area contributed by atoms with Gasteiger partial charge in [0.2, 0.25) is 0 Å². The summed E-state index contributed by atoms with van der Waals surface area (Å²) < 4.78 is 29.3. The van der Waals surface area contributed by atoms with Gasteiger partial charge in [-0.2, -0.15) is 8.42 Å². The van der Waals surface area contributed by atoms with Crippen LogP contribution in [0.15, 0.2) is 59.5 Å². The van der Waals surface area contributed by atoms with Crippen LogP contribution in [0.25, 0.3) is 0 Å². The maximum absolute atomic E-state index is 12.1. The number of hydrogen-bond donors (Lipinski definition) is 0. The zero-order valence-corrected chi connectivity index (χ0v) is 13.8. The van der Waals surface area contributed by atoms with E-state index in [1.54, 1.807) is 24.3 Å². The molecule has 0 aliphatic heterocycles. The van der Waals surface area contributed by atoms with Gasteiger partial charge in [0, 0.05) is 0 Å². The van der Waals surface area contributed by atoms with Gasteiger partial charge in [-0.3, -0.25) is 4.18 Å². The van der Waals surface area contributed by atoms with Crippen molar-refractivity contribution in [1.82, 2.24) is 0 Å². The average Bonchev–Trinajstić information content (AvgIpc) is 2.48. The van der Waals surface area contributed by atoms with Crippen molar-refractivity contribution in [3.8, 4) is 0 Å². The lowest BCUT2D eigenvalue weighted by molar-refractivity contribution is 0.287. The maximum atomic E-state index is 12.1. The van der Waals surface area contributed by atoms with E-state index in [1.165, 1.54) is 5.56 Å². The Hall–Kier alpha value is -1.65. The fraction of sp³-hybridized carbons (Fsp3) is 0.333. The second-order valence-corrected chi connectivity index (χ2v) is 7.29. The minimum absolute atomic E-state index is 0.213. The first-order valence-corrected chi connectivity index (χ1v) is 8.88. The fourth-order valence-electron chi connectivity index (χ4n) is 2.25. The highest BCUT2D eigenvalue weighted by atomic mass is 32.2. The first-order chi connectivity index (χ1) is 10.5. The minimum Gasteiger partial charge on any atom is -0.266 e. The molecule has 3 nitrogen and oxygen atoms in total. The Morgan fingerprint density at radius 2 is 1.64 bits per heavy atom. The Morgan fingerprint density at radius 1 is 1.00 bits per heavy atom. The summed E-state index contributed by atoms with van der Waals surface area (Å²) in [4.78, 5) is 0.216. The number of hydrogen-bond acceptors (Lipinski definition) is 3. The van der Waals surface area contributed by atoms with Gasteiger partial charge in [-0.05, 0) is 43.4 Å². The van der Waals surface area contributed by atoms with Gasteiger partial charge in [0.25, 0.3) is 10.1 Å². The molecule has 0 bridgehead atoms. The zero-order chi connectivity index (χ0) is 16.0. The van der Waals surface area contributed by atoms with Crippen molar-refractivity contribution in [2.24, 2.45) is 5.92 Å². The summed E-state index contributed by atoms with van der Waals surface area (Å²) in [5.41, 5.74) is 2.28. The quantitative estimate of drug-likeness (QED) is 0.726. The van der Waals surface area contributed by atoms with Crippen LogP contribution in [-0.4, -0.2) is 15.0 Å². The van der Waals surface area contributed by atoms with Gasteiger partial charge in [0.1, 0.15) is 0 Å². The lowest BCUT2D eigenvalue weighted by atomic mass is 9.99. The molecule has 0 fully saturated rings. The van der Waals surface area contributed by atoms with Crippen molar-refractivity contribution in [2.45, 2.75) is 31.6 Å². The van der Waals surface area contributed by atoms with Crippen LogP contribution in [0.1, 0.15) is 24.5 Å². The molecule has 0 heterocycles. The number of aryl methyl sites for hydroxylation is 1. The second kappa shape index (κ2) is 7.56. The Bertz CT molecular complexity index is 676. The summed E-state index contributed by atoms with van der Waals surface area (Å²) in [7, 11) is -3.65. The van der Waals surface area contributed by atoms with Crippen LogP contribution in [-0.2, 0) is 20.7 Å². The Kier molecular flexibility index (Phi) is 5.75. The van der Waals surface area contributed by atoms with Crippen molar-refractivity contribution in [3.63, 3.8) is 0 Å². The summed E-state index contributed by atoms with van der Waals surface area (Å²) in [5, 5.41) is 0. The molecule has 0 aromatic heterocycles. The molecule has 0 aliphatic rings. The van der Waals surface area contributed by atoms with Gasteiger partial charge in [-0.1, -0.05) is 55.0 Å². The average molecular weight is 318 g/mol. The van der Waals surface area contributed by atoms with E-state index in [9.17, 15) is 8.42 Å². The molecule has 0 N–H and O–H groups in total. The fourth-order valence-corrected chi connectivity index (χ4v) is 3.17. The molecule has 0 spiro atoms. The van der Waals surface area contributed by atoms with Crippen LogP contribution in [0.3, 0.4) is 0 Å². The molecule has 0 radical (unpaired) electrons. The summed E-state index contributed by atoms with van der Waals surface area (Å²) in [6.45, 7) is 4.24. The molecule has 0 aliphatic carbocycles. The van der Waals surface area contributed by atoms with Gasteiger partial charge >= 0.3 is 0 Å². The Labute approximate surface area is 133 Å². The molecule has 22 heavy (non-hydrogen) atoms. The minimum atomic E-state index is -3.65. The molecule has 0 unspecified atom stereocenters. The molecule has 0 amide bonds. The summed E-state index contributed by atoms with van der Waals surface area (Å²) in [6, 6.07) is 16.9. The molecular formula is C18H22O3S. The van der Waals surface area contributed by atoms with Crippen molar-refractivity contribution < 1.29 is 12.6 Å². The predicted octanol–water partition coefficient (Wildman–Crippen LogP) is 3.97. The van der Waals surface area contributed by atoms with Gasteiger partial charge in [-0.15, -0.1) is 0 Å². The van der Waals surface area contributed by atoms with E-state index in [4.69, 9.17) is 4.18 Å². The lowest BCUT2D eigenvalue weighted by Crippen LogP contribution is -2.11. The van der Waals surface area contributed by atoms with E-state index in [-0.39, 0.29) is 11.5 Å². The highest BCUT2D eigenvalue weighted by Gasteiger charge is 2.15. The molecule has 1 atom stereocenters. The number of benzene rings is 2. The van der Waals surface area contributed by atoms with E-state index in [0.29, 0.717) is 12.3 Å². The standard InChI is InChI=1S/C18H22O3S/c1-15-8-10-18(11-9-15)22(19,20)21-13-12-16(2)14-17-6-4-3-5-7-17/h3-11,16H,12-14H2,1-2H3/t16-/m0/s1. The molecule has 0 saturated carbocycles. The predicted molar refractivity (Wildman–Crippen MR) is 88.2 cm³/mol. The monoisotopic (exact) mass is 318 g/mol. The molecule has 118 valence electrons. The van der Waals surface area contributed by atoms with Crippen molar-refractivity contribution >= 4 is 10.1 Å². The van der Waals surface area contributed by atoms with Crippen LogP contribution >= 0.6 is 0 Å². The van der Waals surface area contributed by atoms with Crippen molar-refractivity contribution in [2.75, 3.05) is 6.61 Å². The molecule has 0 saturated heterocycles. The van der Waals surface area contributed by atoms with Gasteiger partial charge in [0.15, 0.2) is 0 Å². The Balaban J connectivity index is 1.83. The highest BCUT2D eigenvalue weighted by molar-refractivity contribution is 7.86. The largest absolute Gasteiger partial charge is 0.296 e. The van der Waals surface area contributed by atoms with Crippen molar-refractivity contribution in [3.05, 3.63) is 65.7 Å². The lowest BCUT2D eigenvalue weighted by Gasteiger charge is -2.12. The van der Waals surface area contributed by atoms with E-state index >= 15 is 0 Å².